The van der Waals surface area contributed by atoms with Crippen molar-refractivity contribution >= 4 is 9.84 Å². The maximum Gasteiger partial charge on any atom is 0.155 e. The molecular formula is C11H18N2O3S. The Morgan fingerprint density at radius 2 is 2.24 bits per heavy atom. The molecule has 5 nitrogen and oxygen atoms in total. The second-order valence-electron chi connectivity index (χ2n) is 4.90. The first-order chi connectivity index (χ1) is 7.98. The highest BCUT2D eigenvalue weighted by Crippen LogP contribution is 2.23. The molecule has 0 fully saturated rings. The molecule has 1 aromatic rings. The fraction of sp³-hybridized carbons (Fsp3) is 0.727. The predicted octanol–water partition coefficient (Wildman–Crippen LogP) is 0.891. The molecule has 6 heteroatoms. The Kier molecular flexibility index (Phi) is 3.53. The lowest BCUT2D eigenvalue weighted by atomic mass is 10.1. The molecule has 0 aliphatic carbocycles. The maximum atomic E-state index is 11.6. The fourth-order valence-corrected chi connectivity index (χ4v) is 3.31. The van der Waals surface area contributed by atoms with Gasteiger partial charge in [0.15, 0.2) is 9.84 Å². The smallest absolute Gasteiger partial charge is 0.155 e. The van der Waals surface area contributed by atoms with Crippen LogP contribution in [0, 0.1) is 5.92 Å². The van der Waals surface area contributed by atoms with Crippen LogP contribution in [0.15, 0.2) is 4.52 Å². The Morgan fingerprint density at radius 3 is 2.94 bits per heavy atom. The number of rotatable bonds is 4. The number of nitrogens with zero attached hydrogens (tertiary/aromatic N) is 1. The summed E-state index contributed by atoms with van der Waals surface area (Å²) >= 11 is 0. The first-order valence-corrected chi connectivity index (χ1v) is 7.67. The van der Waals surface area contributed by atoms with Crippen molar-refractivity contribution in [1.29, 1.82) is 0 Å². The molecule has 0 amide bonds. The first-order valence-electron chi connectivity index (χ1n) is 5.85. The van der Waals surface area contributed by atoms with E-state index in [0.717, 1.165) is 23.6 Å². The summed E-state index contributed by atoms with van der Waals surface area (Å²) in [4.78, 5) is 0. The molecule has 2 heterocycles. The van der Waals surface area contributed by atoms with Gasteiger partial charge in [-0.1, -0.05) is 19.0 Å². The summed E-state index contributed by atoms with van der Waals surface area (Å²) < 4.78 is 28.3. The zero-order valence-electron chi connectivity index (χ0n) is 10.2. The molecular weight excluding hydrogens is 240 g/mol. The minimum atomic E-state index is -2.96. The Balaban J connectivity index is 2.08. The van der Waals surface area contributed by atoms with Crippen molar-refractivity contribution in [3.05, 3.63) is 17.0 Å². The second kappa shape index (κ2) is 4.78. The van der Waals surface area contributed by atoms with Gasteiger partial charge in [-0.05, 0) is 12.5 Å². The van der Waals surface area contributed by atoms with Crippen molar-refractivity contribution in [3.8, 4) is 0 Å². The van der Waals surface area contributed by atoms with Crippen LogP contribution in [0.5, 0.6) is 0 Å². The number of nitrogens with one attached hydrogen (secondary N) is 1. The molecule has 0 radical (unpaired) electrons. The van der Waals surface area contributed by atoms with Crippen molar-refractivity contribution in [2.24, 2.45) is 5.92 Å². The third-order valence-electron chi connectivity index (χ3n) is 2.80. The highest BCUT2D eigenvalue weighted by Gasteiger charge is 2.27. The Labute approximate surface area is 101 Å². The summed E-state index contributed by atoms with van der Waals surface area (Å²) in [6.45, 7) is 5.70. The lowest BCUT2D eigenvalue weighted by Gasteiger charge is -2.11. The molecule has 0 saturated heterocycles. The number of hydrogen-bond acceptors (Lipinski definition) is 5. The van der Waals surface area contributed by atoms with Crippen molar-refractivity contribution in [2.45, 2.75) is 32.6 Å². The summed E-state index contributed by atoms with van der Waals surface area (Å²) in [6, 6.07) is 0. The van der Waals surface area contributed by atoms with E-state index in [1.807, 2.05) is 0 Å². The standard InChI is InChI=1S/C11H18N2O3S/c1-8(2)5-12-6-10-9-7-17(14,15)4-3-11(9)16-13-10/h8,12H,3-7H2,1-2H3. The van der Waals surface area contributed by atoms with E-state index in [1.165, 1.54) is 0 Å². The Hall–Kier alpha value is -0.880. The zero-order valence-corrected chi connectivity index (χ0v) is 11.0. The minimum Gasteiger partial charge on any atom is -0.361 e. The van der Waals surface area contributed by atoms with E-state index in [2.05, 4.69) is 24.3 Å². The van der Waals surface area contributed by atoms with Crippen LogP contribution >= 0.6 is 0 Å². The van der Waals surface area contributed by atoms with Gasteiger partial charge in [0.2, 0.25) is 0 Å². The Bertz CT molecular complexity index is 491. The summed E-state index contributed by atoms with van der Waals surface area (Å²) in [5, 5.41) is 7.21. The van der Waals surface area contributed by atoms with Gasteiger partial charge >= 0.3 is 0 Å². The van der Waals surface area contributed by atoms with Gasteiger partial charge in [-0.25, -0.2) is 8.42 Å². The van der Waals surface area contributed by atoms with Gasteiger partial charge < -0.3 is 9.84 Å². The van der Waals surface area contributed by atoms with Gasteiger partial charge in [-0.15, -0.1) is 0 Å². The SMILES string of the molecule is CC(C)CNCc1noc2c1CS(=O)(=O)CC2. The van der Waals surface area contributed by atoms with E-state index in [9.17, 15) is 8.42 Å². The van der Waals surface area contributed by atoms with Crippen LogP contribution < -0.4 is 5.32 Å². The van der Waals surface area contributed by atoms with E-state index < -0.39 is 9.84 Å². The van der Waals surface area contributed by atoms with Crippen molar-refractivity contribution in [2.75, 3.05) is 12.3 Å². The quantitative estimate of drug-likeness (QED) is 0.868. The summed E-state index contributed by atoms with van der Waals surface area (Å²) in [5.41, 5.74) is 1.51. The van der Waals surface area contributed by atoms with Gasteiger partial charge in [-0.3, -0.25) is 0 Å². The van der Waals surface area contributed by atoms with Gasteiger partial charge in [0.1, 0.15) is 11.5 Å². The van der Waals surface area contributed by atoms with E-state index in [-0.39, 0.29) is 11.5 Å². The molecule has 0 unspecified atom stereocenters. The van der Waals surface area contributed by atoms with Crippen LogP contribution in [-0.2, 0) is 28.6 Å². The zero-order chi connectivity index (χ0) is 12.5. The minimum absolute atomic E-state index is 0.0739. The lowest BCUT2D eigenvalue weighted by Crippen LogP contribution is -2.22. The second-order valence-corrected chi connectivity index (χ2v) is 7.08. The largest absolute Gasteiger partial charge is 0.361 e. The average Bonchev–Trinajstić information content (AvgIpc) is 2.59. The average molecular weight is 258 g/mol. The maximum absolute atomic E-state index is 11.6. The molecule has 0 atom stereocenters. The van der Waals surface area contributed by atoms with Crippen LogP contribution in [0.25, 0.3) is 0 Å². The lowest BCUT2D eigenvalue weighted by molar-refractivity contribution is 0.376. The molecule has 17 heavy (non-hydrogen) atoms. The molecule has 0 bridgehead atoms. The number of aryl methyl sites for hydroxylation is 1. The first kappa shape index (κ1) is 12.6. The summed E-state index contributed by atoms with van der Waals surface area (Å²) in [7, 11) is -2.96. The molecule has 1 aliphatic rings. The molecule has 2 rings (SSSR count). The van der Waals surface area contributed by atoms with Gasteiger partial charge in [0.25, 0.3) is 0 Å². The van der Waals surface area contributed by atoms with Crippen molar-refractivity contribution in [1.82, 2.24) is 10.5 Å². The van der Waals surface area contributed by atoms with Crippen LogP contribution in [0.3, 0.4) is 0 Å². The van der Waals surface area contributed by atoms with E-state index >= 15 is 0 Å². The van der Waals surface area contributed by atoms with Crippen LogP contribution in [0.4, 0.5) is 0 Å². The summed E-state index contributed by atoms with van der Waals surface area (Å²) in [5.74, 6) is 1.54. The van der Waals surface area contributed by atoms with Crippen LogP contribution in [0.1, 0.15) is 30.9 Å². The molecule has 96 valence electrons. The molecule has 0 aromatic carbocycles. The monoisotopic (exact) mass is 258 g/mol. The molecule has 1 N–H and O–H groups in total. The van der Waals surface area contributed by atoms with Crippen LogP contribution in [0.2, 0.25) is 0 Å². The fourth-order valence-electron chi connectivity index (χ4n) is 1.90. The van der Waals surface area contributed by atoms with Gasteiger partial charge in [0.05, 0.1) is 11.5 Å². The van der Waals surface area contributed by atoms with E-state index in [4.69, 9.17) is 4.52 Å². The van der Waals surface area contributed by atoms with Gasteiger partial charge in [-0.2, -0.15) is 0 Å². The highest BCUT2D eigenvalue weighted by atomic mass is 32.2. The summed E-state index contributed by atoms with van der Waals surface area (Å²) in [6.07, 6.45) is 0.453. The van der Waals surface area contributed by atoms with Crippen molar-refractivity contribution in [3.63, 3.8) is 0 Å². The molecule has 0 spiro atoms. The highest BCUT2D eigenvalue weighted by molar-refractivity contribution is 7.90. The van der Waals surface area contributed by atoms with E-state index in [1.54, 1.807) is 0 Å². The molecule has 0 saturated carbocycles. The number of fused-ring (bicyclic) bond motifs is 1. The number of sulfone groups is 1. The van der Waals surface area contributed by atoms with Crippen molar-refractivity contribution < 1.29 is 12.9 Å². The normalized spacial score (nSPS) is 18.3. The van der Waals surface area contributed by atoms with E-state index in [0.29, 0.717) is 18.9 Å². The molecule has 1 aromatic heterocycles. The van der Waals surface area contributed by atoms with Gasteiger partial charge in [0, 0.05) is 18.5 Å². The number of hydrogen-bond donors (Lipinski definition) is 1. The third-order valence-corrected chi connectivity index (χ3v) is 4.36. The van der Waals surface area contributed by atoms with Crippen LogP contribution in [-0.4, -0.2) is 25.9 Å². The number of aromatic nitrogens is 1. The Morgan fingerprint density at radius 1 is 1.47 bits per heavy atom. The molecule has 1 aliphatic heterocycles. The predicted molar refractivity (Wildman–Crippen MR) is 64.2 cm³/mol. The third kappa shape index (κ3) is 3.07. The topological polar surface area (TPSA) is 72.2 Å².